The number of halogens is 1. The zero-order valence-corrected chi connectivity index (χ0v) is 12.4. The van der Waals surface area contributed by atoms with Gasteiger partial charge in [-0.2, -0.15) is 0 Å². The molecule has 2 aliphatic carbocycles. The summed E-state index contributed by atoms with van der Waals surface area (Å²) < 4.78 is 18.8. The van der Waals surface area contributed by atoms with E-state index in [1.165, 1.54) is 31.7 Å². The number of ether oxygens (including phenoxy) is 1. The van der Waals surface area contributed by atoms with E-state index in [9.17, 15) is 9.50 Å². The molecule has 2 N–H and O–H groups in total. The fourth-order valence-corrected chi connectivity index (χ4v) is 3.05. The van der Waals surface area contributed by atoms with E-state index >= 15 is 0 Å². The Kier molecular flexibility index (Phi) is 4.57. The van der Waals surface area contributed by atoms with Gasteiger partial charge >= 0.3 is 0 Å². The second-order valence-electron chi connectivity index (χ2n) is 6.53. The van der Waals surface area contributed by atoms with E-state index in [-0.39, 0.29) is 19.0 Å². The summed E-state index contributed by atoms with van der Waals surface area (Å²) in [5.41, 5.74) is 1.08. The summed E-state index contributed by atoms with van der Waals surface area (Å²) in [5, 5.41) is 13.3. The molecule has 2 fully saturated rings. The van der Waals surface area contributed by atoms with Crippen molar-refractivity contribution in [3.8, 4) is 0 Å². The summed E-state index contributed by atoms with van der Waals surface area (Å²) in [6, 6.07) is 6.56. The van der Waals surface area contributed by atoms with Gasteiger partial charge in [-0.25, -0.2) is 4.39 Å². The average molecular weight is 293 g/mol. The average Bonchev–Trinajstić information content (AvgIpc) is 3.34. The molecule has 0 spiro atoms. The third kappa shape index (κ3) is 4.02. The molecule has 0 aliphatic heterocycles. The Bertz CT molecular complexity index is 472. The van der Waals surface area contributed by atoms with Crippen molar-refractivity contribution in [1.29, 1.82) is 0 Å². The Morgan fingerprint density at radius 2 is 2.10 bits per heavy atom. The Morgan fingerprint density at radius 1 is 1.33 bits per heavy atom. The molecule has 0 radical (unpaired) electrons. The fourth-order valence-electron chi connectivity index (χ4n) is 3.05. The molecular formula is C17H24FNO2. The van der Waals surface area contributed by atoms with E-state index in [4.69, 9.17) is 4.74 Å². The van der Waals surface area contributed by atoms with Gasteiger partial charge in [0.1, 0.15) is 5.82 Å². The van der Waals surface area contributed by atoms with Gasteiger partial charge in [0.25, 0.3) is 0 Å². The van der Waals surface area contributed by atoms with Gasteiger partial charge in [0.05, 0.1) is 19.3 Å². The molecule has 2 aliphatic rings. The Morgan fingerprint density at radius 3 is 2.76 bits per heavy atom. The van der Waals surface area contributed by atoms with Gasteiger partial charge in [0.2, 0.25) is 0 Å². The van der Waals surface area contributed by atoms with Crippen molar-refractivity contribution in [2.24, 2.45) is 11.3 Å². The Balaban J connectivity index is 1.30. The van der Waals surface area contributed by atoms with Gasteiger partial charge < -0.3 is 15.2 Å². The van der Waals surface area contributed by atoms with Crippen LogP contribution < -0.4 is 5.32 Å². The Labute approximate surface area is 125 Å². The third-order valence-electron chi connectivity index (χ3n) is 4.72. The van der Waals surface area contributed by atoms with Crippen LogP contribution in [-0.4, -0.2) is 30.9 Å². The minimum absolute atomic E-state index is 0.204. The quantitative estimate of drug-likeness (QED) is 0.735. The summed E-state index contributed by atoms with van der Waals surface area (Å²) in [7, 11) is 0. The van der Waals surface area contributed by atoms with Crippen LogP contribution in [-0.2, 0) is 11.3 Å². The van der Waals surface area contributed by atoms with Crippen molar-refractivity contribution in [1.82, 2.24) is 5.32 Å². The maximum Gasteiger partial charge on any atom is 0.128 e. The molecule has 0 amide bonds. The number of hydrogen-bond acceptors (Lipinski definition) is 3. The molecule has 4 heteroatoms. The zero-order chi connectivity index (χ0) is 14.7. The molecule has 0 bridgehead atoms. The largest absolute Gasteiger partial charge is 0.389 e. The monoisotopic (exact) mass is 293 g/mol. The van der Waals surface area contributed by atoms with Crippen LogP contribution in [0.2, 0.25) is 0 Å². The SMILES string of the molecule is OC(CNCC1(C2CC2)CC1)COCc1ccccc1F. The van der Waals surface area contributed by atoms with E-state index in [1.807, 2.05) is 0 Å². The number of hydrogen-bond donors (Lipinski definition) is 2. The van der Waals surface area contributed by atoms with Crippen molar-refractivity contribution in [2.45, 2.75) is 38.4 Å². The van der Waals surface area contributed by atoms with E-state index in [0.29, 0.717) is 17.5 Å². The van der Waals surface area contributed by atoms with Crippen LogP contribution in [0.25, 0.3) is 0 Å². The first-order valence-corrected chi connectivity index (χ1v) is 7.89. The summed E-state index contributed by atoms with van der Waals surface area (Å²) in [6.07, 6.45) is 4.91. The van der Waals surface area contributed by atoms with Gasteiger partial charge in [-0.05, 0) is 43.1 Å². The molecule has 0 aromatic heterocycles. The lowest BCUT2D eigenvalue weighted by atomic mass is 10.0. The maximum absolute atomic E-state index is 13.4. The van der Waals surface area contributed by atoms with E-state index in [0.717, 1.165) is 12.5 Å². The first-order valence-electron chi connectivity index (χ1n) is 7.89. The highest BCUT2D eigenvalue weighted by Gasteiger charge is 2.53. The molecule has 1 aromatic carbocycles. The number of rotatable bonds is 9. The highest BCUT2D eigenvalue weighted by molar-refractivity contribution is 5.16. The van der Waals surface area contributed by atoms with Crippen LogP contribution in [0.4, 0.5) is 4.39 Å². The molecule has 0 heterocycles. The van der Waals surface area contributed by atoms with Crippen molar-refractivity contribution in [3.63, 3.8) is 0 Å². The number of nitrogens with one attached hydrogen (secondary N) is 1. The van der Waals surface area contributed by atoms with Gasteiger partial charge in [0, 0.05) is 18.7 Å². The van der Waals surface area contributed by atoms with Crippen molar-refractivity contribution < 1.29 is 14.2 Å². The van der Waals surface area contributed by atoms with E-state index < -0.39 is 6.10 Å². The Hall–Kier alpha value is -0.970. The van der Waals surface area contributed by atoms with Crippen LogP contribution in [0.1, 0.15) is 31.2 Å². The summed E-state index contributed by atoms with van der Waals surface area (Å²) >= 11 is 0. The highest BCUT2D eigenvalue weighted by Crippen LogP contribution is 2.60. The van der Waals surface area contributed by atoms with Gasteiger partial charge in [-0.3, -0.25) is 0 Å². The molecule has 116 valence electrons. The van der Waals surface area contributed by atoms with Gasteiger partial charge in [0.15, 0.2) is 0 Å². The van der Waals surface area contributed by atoms with Crippen molar-refractivity contribution >= 4 is 0 Å². The molecule has 3 rings (SSSR count). The minimum atomic E-state index is -0.535. The topological polar surface area (TPSA) is 41.5 Å². The molecule has 1 atom stereocenters. The van der Waals surface area contributed by atoms with Crippen LogP contribution in [0.3, 0.4) is 0 Å². The highest BCUT2D eigenvalue weighted by atomic mass is 19.1. The smallest absolute Gasteiger partial charge is 0.128 e. The molecule has 1 aromatic rings. The number of benzene rings is 1. The lowest BCUT2D eigenvalue weighted by Crippen LogP contribution is -2.34. The first kappa shape index (κ1) is 14.9. The molecule has 21 heavy (non-hydrogen) atoms. The predicted octanol–water partition coefficient (Wildman–Crippen LogP) is 2.48. The van der Waals surface area contributed by atoms with Gasteiger partial charge in [-0.15, -0.1) is 0 Å². The summed E-state index contributed by atoms with van der Waals surface area (Å²) in [5.74, 6) is 0.671. The summed E-state index contributed by atoms with van der Waals surface area (Å²) in [4.78, 5) is 0. The van der Waals surface area contributed by atoms with Crippen LogP contribution in [0.5, 0.6) is 0 Å². The molecule has 3 nitrogen and oxygen atoms in total. The second-order valence-corrected chi connectivity index (χ2v) is 6.53. The van der Waals surface area contributed by atoms with E-state index in [1.54, 1.807) is 18.2 Å². The zero-order valence-electron chi connectivity index (χ0n) is 12.4. The third-order valence-corrected chi connectivity index (χ3v) is 4.72. The first-order chi connectivity index (χ1) is 10.2. The lowest BCUT2D eigenvalue weighted by molar-refractivity contribution is 0.0272. The van der Waals surface area contributed by atoms with Crippen LogP contribution in [0, 0.1) is 17.2 Å². The van der Waals surface area contributed by atoms with Crippen LogP contribution in [0.15, 0.2) is 24.3 Å². The predicted molar refractivity (Wildman–Crippen MR) is 79.3 cm³/mol. The number of aliphatic hydroxyl groups excluding tert-OH is 1. The van der Waals surface area contributed by atoms with Crippen molar-refractivity contribution in [3.05, 3.63) is 35.6 Å². The van der Waals surface area contributed by atoms with E-state index in [2.05, 4.69) is 5.32 Å². The normalized spacial score (nSPS) is 21.2. The minimum Gasteiger partial charge on any atom is -0.389 e. The molecule has 2 saturated carbocycles. The maximum atomic E-state index is 13.4. The standard InChI is InChI=1S/C17H24FNO2/c18-16-4-2-1-3-13(16)10-21-11-15(20)9-19-12-17(7-8-17)14-5-6-14/h1-4,14-15,19-20H,5-12H2. The molecule has 1 unspecified atom stereocenters. The summed E-state index contributed by atoms with van der Waals surface area (Å²) in [6.45, 7) is 2.00. The van der Waals surface area contributed by atoms with Crippen LogP contribution >= 0.6 is 0 Å². The van der Waals surface area contributed by atoms with Crippen molar-refractivity contribution in [2.75, 3.05) is 19.7 Å². The second kappa shape index (κ2) is 6.42. The number of aliphatic hydroxyl groups is 1. The molecule has 0 saturated heterocycles. The van der Waals surface area contributed by atoms with Gasteiger partial charge in [-0.1, -0.05) is 18.2 Å². The lowest BCUT2D eigenvalue weighted by Gasteiger charge is -2.17. The molecular weight excluding hydrogens is 269 g/mol. The fraction of sp³-hybridized carbons (Fsp3) is 0.647.